The van der Waals surface area contributed by atoms with E-state index < -0.39 is 0 Å². The van der Waals surface area contributed by atoms with Crippen molar-refractivity contribution in [3.05, 3.63) is 65.9 Å². The Hall–Kier alpha value is -2.35. The van der Waals surface area contributed by atoms with Gasteiger partial charge < -0.3 is 4.52 Å². The monoisotopic (exact) mass is 249 g/mol. The van der Waals surface area contributed by atoms with Gasteiger partial charge in [0.25, 0.3) is 0 Å². The predicted molar refractivity (Wildman–Crippen MR) is 76.8 cm³/mol. The molecule has 3 aromatic rings. The smallest absolute Gasteiger partial charge is 0.170 e. The minimum Gasteiger partial charge on any atom is -0.356 e. The van der Waals surface area contributed by atoms with Gasteiger partial charge in [0.15, 0.2) is 5.76 Å². The Morgan fingerprint density at radius 1 is 0.789 bits per heavy atom. The number of aromatic nitrogens is 1. The molecule has 2 heteroatoms. The van der Waals surface area contributed by atoms with E-state index in [1.54, 1.807) is 0 Å². The predicted octanol–water partition coefficient (Wildman–Crippen LogP) is 4.63. The Morgan fingerprint density at radius 3 is 2.05 bits per heavy atom. The van der Waals surface area contributed by atoms with E-state index in [4.69, 9.17) is 4.52 Å². The van der Waals surface area contributed by atoms with Gasteiger partial charge in [0, 0.05) is 11.1 Å². The highest BCUT2D eigenvalue weighted by molar-refractivity contribution is 5.82. The van der Waals surface area contributed by atoms with Crippen LogP contribution in [0.15, 0.2) is 59.1 Å². The molecule has 0 aliphatic carbocycles. The molecule has 19 heavy (non-hydrogen) atoms. The zero-order valence-electron chi connectivity index (χ0n) is 11.1. The third-order valence-corrected chi connectivity index (χ3v) is 3.41. The average Bonchev–Trinajstić information content (AvgIpc) is 2.80. The van der Waals surface area contributed by atoms with E-state index in [2.05, 4.69) is 29.4 Å². The summed E-state index contributed by atoms with van der Waals surface area (Å²) in [5.74, 6) is 0.858. The summed E-state index contributed by atoms with van der Waals surface area (Å²) in [6.45, 7) is 4.01. The van der Waals surface area contributed by atoms with Gasteiger partial charge in [0.05, 0.1) is 5.69 Å². The van der Waals surface area contributed by atoms with Crippen LogP contribution < -0.4 is 0 Å². The lowest BCUT2D eigenvalue weighted by Gasteiger charge is -2.07. The Bertz CT molecular complexity index is 698. The first kappa shape index (κ1) is 11.7. The minimum atomic E-state index is 0.858. The van der Waals surface area contributed by atoms with Gasteiger partial charge in [0.2, 0.25) is 0 Å². The molecule has 3 rings (SSSR count). The molecule has 0 fully saturated rings. The third kappa shape index (κ3) is 2.06. The van der Waals surface area contributed by atoms with E-state index >= 15 is 0 Å². The maximum atomic E-state index is 5.49. The fourth-order valence-corrected chi connectivity index (χ4v) is 2.22. The summed E-state index contributed by atoms with van der Waals surface area (Å²) in [7, 11) is 0. The summed E-state index contributed by atoms with van der Waals surface area (Å²) in [6.07, 6.45) is 0. The lowest BCUT2D eigenvalue weighted by atomic mass is 9.96. The van der Waals surface area contributed by atoms with Gasteiger partial charge in [-0.05, 0) is 25.0 Å². The number of benzene rings is 2. The van der Waals surface area contributed by atoms with Crippen molar-refractivity contribution in [1.29, 1.82) is 0 Å². The van der Waals surface area contributed by atoms with Crippen LogP contribution in [-0.2, 0) is 0 Å². The zero-order valence-corrected chi connectivity index (χ0v) is 11.1. The first-order chi connectivity index (χ1) is 9.27. The van der Waals surface area contributed by atoms with Gasteiger partial charge in [-0.2, -0.15) is 0 Å². The zero-order chi connectivity index (χ0) is 13.2. The quantitative estimate of drug-likeness (QED) is 0.662. The first-order valence-corrected chi connectivity index (χ1v) is 6.35. The summed E-state index contributed by atoms with van der Waals surface area (Å²) < 4.78 is 5.49. The average molecular weight is 249 g/mol. The van der Waals surface area contributed by atoms with Crippen LogP contribution >= 0.6 is 0 Å². The first-order valence-electron chi connectivity index (χ1n) is 6.35. The Kier molecular flexibility index (Phi) is 2.92. The fraction of sp³-hybridized carbons (Fsp3) is 0.118. The van der Waals surface area contributed by atoms with Crippen molar-refractivity contribution in [2.24, 2.45) is 0 Å². The number of rotatable bonds is 2. The van der Waals surface area contributed by atoms with Crippen molar-refractivity contribution in [3.8, 4) is 22.5 Å². The second kappa shape index (κ2) is 4.73. The van der Waals surface area contributed by atoms with Gasteiger partial charge >= 0.3 is 0 Å². The molecule has 0 spiro atoms. The highest BCUT2D eigenvalue weighted by atomic mass is 16.5. The van der Waals surface area contributed by atoms with Crippen LogP contribution in [0.5, 0.6) is 0 Å². The normalized spacial score (nSPS) is 10.6. The molecule has 1 aromatic heterocycles. The highest BCUT2D eigenvalue weighted by Gasteiger charge is 2.14. The van der Waals surface area contributed by atoms with Crippen LogP contribution in [0.1, 0.15) is 11.3 Å². The molecule has 0 amide bonds. The maximum absolute atomic E-state index is 5.49. The van der Waals surface area contributed by atoms with Crippen LogP contribution in [0.25, 0.3) is 22.5 Å². The van der Waals surface area contributed by atoms with Gasteiger partial charge in [0.1, 0.15) is 0 Å². The van der Waals surface area contributed by atoms with E-state index in [-0.39, 0.29) is 0 Å². The number of hydrogen-bond donors (Lipinski definition) is 0. The van der Waals surface area contributed by atoms with E-state index in [1.807, 2.05) is 44.2 Å². The van der Waals surface area contributed by atoms with Crippen molar-refractivity contribution in [1.82, 2.24) is 5.16 Å². The van der Waals surface area contributed by atoms with Crippen LogP contribution in [0.4, 0.5) is 0 Å². The van der Waals surface area contributed by atoms with E-state index in [0.717, 1.165) is 22.6 Å². The topological polar surface area (TPSA) is 26.0 Å². The van der Waals surface area contributed by atoms with E-state index in [9.17, 15) is 0 Å². The van der Waals surface area contributed by atoms with Crippen LogP contribution in [0.3, 0.4) is 0 Å². The molecule has 2 nitrogen and oxygen atoms in total. The maximum Gasteiger partial charge on any atom is 0.170 e. The van der Waals surface area contributed by atoms with Gasteiger partial charge in [-0.1, -0.05) is 59.8 Å². The summed E-state index contributed by atoms with van der Waals surface area (Å²) in [5.41, 5.74) is 5.49. The largest absolute Gasteiger partial charge is 0.356 e. The SMILES string of the molecule is Cc1noc(-c2ccccc2-c2ccccc2)c1C. The standard InChI is InChI=1S/C17H15NO/c1-12-13(2)18-19-17(12)16-11-7-6-10-15(16)14-8-4-3-5-9-14/h3-11H,1-2H3. The molecular formula is C17H15NO. The molecule has 1 heterocycles. The van der Waals surface area contributed by atoms with E-state index in [0.29, 0.717) is 0 Å². The summed E-state index contributed by atoms with van der Waals surface area (Å²) in [6, 6.07) is 18.6. The Balaban J connectivity index is 2.21. The minimum absolute atomic E-state index is 0.858. The van der Waals surface area contributed by atoms with Crippen LogP contribution in [-0.4, -0.2) is 5.16 Å². The van der Waals surface area contributed by atoms with Crippen molar-refractivity contribution < 1.29 is 4.52 Å². The summed E-state index contributed by atoms with van der Waals surface area (Å²) >= 11 is 0. The molecular weight excluding hydrogens is 234 g/mol. The molecule has 0 aliphatic heterocycles. The number of hydrogen-bond acceptors (Lipinski definition) is 2. The van der Waals surface area contributed by atoms with Crippen LogP contribution in [0.2, 0.25) is 0 Å². The number of nitrogens with zero attached hydrogens (tertiary/aromatic N) is 1. The fourth-order valence-electron chi connectivity index (χ4n) is 2.22. The molecule has 0 unspecified atom stereocenters. The number of aryl methyl sites for hydroxylation is 1. The summed E-state index contributed by atoms with van der Waals surface area (Å²) in [5, 5.41) is 4.05. The molecule has 0 saturated heterocycles. The van der Waals surface area contributed by atoms with Crippen molar-refractivity contribution in [3.63, 3.8) is 0 Å². The van der Waals surface area contributed by atoms with Crippen molar-refractivity contribution >= 4 is 0 Å². The van der Waals surface area contributed by atoms with Crippen molar-refractivity contribution in [2.45, 2.75) is 13.8 Å². The molecule has 0 bridgehead atoms. The molecule has 0 atom stereocenters. The lowest BCUT2D eigenvalue weighted by Crippen LogP contribution is -1.85. The van der Waals surface area contributed by atoms with Gasteiger partial charge in [-0.15, -0.1) is 0 Å². The molecule has 2 aromatic carbocycles. The second-order valence-electron chi connectivity index (χ2n) is 4.63. The lowest BCUT2D eigenvalue weighted by molar-refractivity contribution is 0.427. The molecule has 0 N–H and O–H groups in total. The molecule has 0 saturated carbocycles. The van der Waals surface area contributed by atoms with Crippen LogP contribution in [0, 0.1) is 13.8 Å². The van der Waals surface area contributed by atoms with Gasteiger partial charge in [-0.3, -0.25) is 0 Å². The molecule has 0 radical (unpaired) electrons. The second-order valence-corrected chi connectivity index (χ2v) is 4.63. The van der Waals surface area contributed by atoms with Gasteiger partial charge in [-0.25, -0.2) is 0 Å². The third-order valence-electron chi connectivity index (χ3n) is 3.41. The molecule has 94 valence electrons. The van der Waals surface area contributed by atoms with Crippen molar-refractivity contribution in [2.75, 3.05) is 0 Å². The Morgan fingerprint density at radius 2 is 1.42 bits per heavy atom. The highest BCUT2D eigenvalue weighted by Crippen LogP contribution is 2.34. The summed E-state index contributed by atoms with van der Waals surface area (Å²) in [4.78, 5) is 0. The molecule has 0 aliphatic rings. The Labute approximate surface area is 112 Å². The van der Waals surface area contributed by atoms with E-state index in [1.165, 1.54) is 11.1 Å².